The van der Waals surface area contributed by atoms with Gasteiger partial charge in [0.25, 0.3) is 0 Å². The van der Waals surface area contributed by atoms with Crippen LogP contribution in [0.2, 0.25) is 39.3 Å². The van der Waals surface area contributed by atoms with Gasteiger partial charge in [-0.1, -0.05) is 266 Å². The summed E-state index contributed by atoms with van der Waals surface area (Å²) in [6, 6.07) is 21.0. The summed E-state index contributed by atoms with van der Waals surface area (Å²) in [5.41, 5.74) is 11.8. The molecule has 0 unspecified atom stereocenters. The van der Waals surface area contributed by atoms with Crippen LogP contribution in [0.3, 0.4) is 0 Å². The van der Waals surface area contributed by atoms with E-state index in [1.54, 1.807) is 12.4 Å². The van der Waals surface area contributed by atoms with Crippen molar-refractivity contribution in [1.82, 2.24) is 0 Å². The normalized spacial score (nSPS) is 13.0. The van der Waals surface area contributed by atoms with E-state index < -0.39 is 16.5 Å². The van der Waals surface area contributed by atoms with E-state index in [2.05, 4.69) is 226 Å². The van der Waals surface area contributed by atoms with Crippen molar-refractivity contribution >= 4 is 40.3 Å². The number of nitrogens with zero attached hydrogens (tertiary/aromatic N) is 3. The maximum atomic E-state index is 13.3. The van der Waals surface area contributed by atoms with Crippen LogP contribution in [0.25, 0.3) is 4.65 Å². The zero-order valence-electron chi connectivity index (χ0n) is 47.7. The molecule has 4 aromatic carbocycles. The summed E-state index contributed by atoms with van der Waals surface area (Å²) in [6.45, 7) is 57.0. The predicted octanol–water partition coefficient (Wildman–Crippen LogP) is 17.7. The van der Waals surface area contributed by atoms with Gasteiger partial charge in [-0.15, -0.1) is 0 Å². The Morgan fingerprint density at radius 2 is 0.691 bits per heavy atom. The van der Waals surface area contributed by atoms with Crippen LogP contribution in [0, 0.1) is 46.9 Å². The predicted molar refractivity (Wildman–Crippen MR) is 300 cm³/mol. The van der Waals surface area contributed by atoms with Gasteiger partial charge < -0.3 is 14.9 Å². The van der Waals surface area contributed by atoms with E-state index in [0.717, 1.165) is 22.5 Å². The number of hydrogen-bond acceptors (Lipinski definition) is 4. The van der Waals surface area contributed by atoms with Crippen LogP contribution in [0.4, 0.5) is 11.4 Å². The third kappa shape index (κ3) is 19.4. The molecule has 0 aliphatic heterocycles. The van der Waals surface area contributed by atoms with Gasteiger partial charge in [0.2, 0.25) is 0 Å². The van der Waals surface area contributed by atoms with Gasteiger partial charge in [0.1, 0.15) is 0 Å². The van der Waals surface area contributed by atoms with E-state index in [-0.39, 0.29) is 80.1 Å². The monoisotopic (exact) mass is 1120 g/mol. The van der Waals surface area contributed by atoms with Crippen LogP contribution < -0.4 is 10.2 Å². The molecule has 0 amide bonds. The molecule has 0 aromatic heterocycles. The van der Waals surface area contributed by atoms with Crippen LogP contribution in [-0.4, -0.2) is 28.9 Å². The molecule has 8 heteroatoms. The molecule has 1 radical (unpaired) electrons. The first kappa shape index (κ1) is 63.7. The largest absolute Gasteiger partial charge is 3.00 e. The fourth-order valence-electron chi connectivity index (χ4n) is 8.07. The quantitative estimate of drug-likeness (QED) is 0.117. The Balaban J connectivity index is 0.000000569. The molecule has 68 heavy (non-hydrogen) atoms. The molecule has 0 heterocycles. The van der Waals surface area contributed by atoms with Gasteiger partial charge in [0, 0.05) is 12.4 Å². The van der Waals surface area contributed by atoms with Crippen LogP contribution >= 0.6 is 0 Å². The van der Waals surface area contributed by atoms with Gasteiger partial charge in [0.05, 0.1) is 11.4 Å². The summed E-state index contributed by atoms with van der Waals surface area (Å²) in [5.74, 6) is 1.67. The Morgan fingerprint density at radius 3 is 0.868 bits per heavy atom. The zero-order valence-corrected chi connectivity index (χ0v) is 51.4. The van der Waals surface area contributed by atoms with E-state index in [4.69, 9.17) is 14.6 Å². The van der Waals surface area contributed by atoms with Crippen molar-refractivity contribution in [3.8, 4) is 11.5 Å². The van der Waals surface area contributed by atoms with Crippen molar-refractivity contribution < 1.29 is 57.1 Å². The molecule has 0 atom stereocenters. The second-order valence-electron chi connectivity index (χ2n) is 26.0. The SMILES string of the molecule is CC(C)c1cccc(C(C)C)c1N=Cc1cc(C(C)(C)C)cc(C(C)(C)C)c1[O-].CC(C)c1cccc(C(C)C)c1N=Cc1cc(C(C)(C)C)cc(C(C)(C)C)c1[O-].C[Si](C)(C)[N-][Si](C)(C)C.[Yb+3]. The van der Waals surface area contributed by atoms with Gasteiger partial charge in [0.15, 0.2) is 0 Å². The Kier molecular flexibility index (Phi) is 23.4. The summed E-state index contributed by atoms with van der Waals surface area (Å²) in [4.78, 5) is 9.80. The van der Waals surface area contributed by atoms with Crippen molar-refractivity contribution in [2.45, 2.75) is 223 Å². The molecule has 0 fully saturated rings. The first-order valence-electron chi connectivity index (χ1n) is 25.0. The molecular weight excluding hydrogens is 1020 g/mol. The first-order chi connectivity index (χ1) is 30.2. The molecule has 0 bridgehead atoms. The van der Waals surface area contributed by atoms with E-state index >= 15 is 0 Å². The fourth-order valence-corrected chi connectivity index (χ4v) is 16.1. The van der Waals surface area contributed by atoms with Crippen molar-refractivity contribution in [3.05, 3.63) is 121 Å². The summed E-state index contributed by atoms with van der Waals surface area (Å²) in [6.07, 6.45) is 3.58. The Labute approximate surface area is 458 Å². The van der Waals surface area contributed by atoms with Crippen molar-refractivity contribution in [2.75, 3.05) is 0 Å². The minimum Gasteiger partial charge on any atom is -0.872 e. The number of benzene rings is 4. The fraction of sp³-hybridized carbons (Fsp3) is 0.567. The Morgan fingerprint density at radius 1 is 0.441 bits per heavy atom. The van der Waals surface area contributed by atoms with Crippen LogP contribution in [0.5, 0.6) is 11.5 Å². The van der Waals surface area contributed by atoms with Crippen LogP contribution in [0.1, 0.15) is 218 Å². The third-order valence-corrected chi connectivity index (χ3v) is 17.0. The number of rotatable bonds is 10. The molecule has 4 aromatic rings. The van der Waals surface area contributed by atoms with Gasteiger partial charge in [-0.25, -0.2) is 0 Å². The zero-order chi connectivity index (χ0) is 52.0. The standard InChI is InChI=1S/2C27H39NO.C6H18NSi2.Yb/c2*1-17(2)21-12-11-13-22(18(3)4)24(21)28-16-19-14-20(26(5,6)7)15-23(25(19)29)27(8,9)10;1-8(2,3)7-9(4,5)6;/h2*11-18,29H,1-10H3;1-6H3;/q;;-1;+3/p-2. The minimum absolute atomic E-state index is 0. The van der Waals surface area contributed by atoms with Gasteiger partial charge in [-0.05, 0) is 101 Å². The van der Waals surface area contributed by atoms with Crippen molar-refractivity contribution in [1.29, 1.82) is 0 Å². The summed E-state index contributed by atoms with van der Waals surface area (Å²) >= 11 is 0. The van der Waals surface area contributed by atoms with Gasteiger partial charge in [-0.3, -0.25) is 9.98 Å². The van der Waals surface area contributed by atoms with Crippen molar-refractivity contribution in [2.24, 2.45) is 9.98 Å². The molecule has 0 aliphatic carbocycles. The smallest absolute Gasteiger partial charge is 0.872 e. The molecule has 4 rings (SSSR count). The van der Waals surface area contributed by atoms with E-state index in [9.17, 15) is 10.2 Å². The third-order valence-electron chi connectivity index (χ3n) is 11.6. The second kappa shape index (κ2) is 24.9. The molecule has 5 nitrogen and oxygen atoms in total. The summed E-state index contributed by atoms with van der Waals surface area (Å²) in [5, 5.41) is 26.5. The molecule has 383 valence electrons. The van der Waals surface area contributed by atoms with Gasteiger partial charge in [-0.2, -0.15) is 0 Å². The maximum Gasteiger partial charge on any atom is 3.00 e. The van der Waals surface area contributed by atoms with E-state index in [1.165, 1.54) is 33.4 Å². The van der Waals surface area contributed by atoms with E-state index in [1.807, 2.05) is 12.1 Å². The number of para-hydroxylation sites is 2. The molecule has 0 aliphatic rings. The molecule has 0 N–H and O–H groups in total. The first-order valence-corrected chi connectivity index (χ1v) is 31.9. The maximum absolute atomic E-state index is 13.3. The summed E-state index contributed by atoms with van der Waals surface area (Å²) < 4.78 is 4.82. The molecule has 0 saturated heterocycles. The molecule has 0 saturated carbocycles. The van der Waals surface area contributed by atoms with Crippen molar-refractivity contribution in [3.63, 3.8) is 0 Å². The van der Waals surface area contributed by atoms with Gasteiger partial charge >= 0.3 is 46.9 Å². The Bertz CT molecular complexity index is 2100. The number of aliphatic imine (C=N–C) groups is 2. The second-order valence-corrected chi connectivity index (χ2v) is 35.6. The number of hydrogen-bond donors (Lipinski definition) is 0. The average molecular weight is 1120 g/mol. The molecular formula is C60H94N3O2Si2Yb. The minimum atomic E-state index is -1.11. The average Bonchev–Trinajstić information content (AvgIpc) is 3.13. The Hall–Kier alpha value is -2.27. The molecule has 0 spiro atoms. The van der Waals surface area contributed by atoms with Crippen LogP contribution in [-0.2, 0) is 21.7 Å². The van der Waals surface area contributed by atoms with Crippen LogP contribution in [0.15, 0.2) is 70.6 Å². The summed E-state index contributed by atoms with van der Waals surface area (Å²) in [7, 11) is -2.21. The topological polar surface area (TPSA) is 84.9 Å². The van der Waals surface area contributed by atoms with E-state index in [0.29, 0.717) is 34.8 Å².